The summed E-state index contributed by atoms with van der Waals surface area (Å²) in [6.45, 7) is 4.73. The number of rotatable bonds is 9. The fraction of sp³-hybridized carbons (Fsp3) is 0.550. The second kappa shape index (κ2) is 10.3. The summed E-state index contributed by atoms with van der Waals surface area (Å²) in [6.07, 6.45) is 4.59. The average Bonchev–Trinajstić information content (AvgIpc) is 3.05. The molecule has 0 aliphatic carbocycles. The largest absolute Gasteiger partial charge is 0.334 e. The minimum Gasteiger partial charge on any atom is -0.334 e. The Morgan fingerprint density at radius 2 is 1.81 bits per heavy atom. The number of likely N-dealkylation sites (N-methyl/N-ethyl adjacent to an activating group) is 1. The number of carbonyl (C=O) groups is 3. The molecule has 0 N–H and O–H groups in total. The molecule has 1 saturated heterocycles. The molecular weight excluding hydrogens is 366 g/mol. The fourth-order valence-corrected chi connectivity index (χ4v) is 3.19. The second-order valence-electron chi connectivity index (χ2n) is 6.75. The molecule has 2 rings (SSSR count). The Kier molecular flexibility index (Phi) is 8.10. The number of hydrogen-bond donors (Lipinski definition) is 0. The molecule has 0 atom stereocenters. The highest BCUT2D eigenvalue weighted by Crippen LogP contribution is 2.21. The van der Waals surface area contributed by atoms with Crippen molar-refractivity contribution in [2.45, 2.75) is 46.0 Å². The lowest BCUT2D eigenvalue weighted by Crippen LogP contribution is -2.42. The van der Waals surface area contributed by atoms with Crippen molar-refractivity contribution in [2.24, 2.45) is 0 Å². The zero-order chi connectivity index (χ0) is 19.8. The topological polar surface area (TPSA) is 60.9 Å². The number of nitrogens with zero attached hydrogens (tertiary/aromatic N) is 3. The van der Waals surface area contributed by atoms with Gasteiger partial charge in [-0.2, -0.15) is 0 Å². The van der Waals surface area contributed by atoms with Gasteiger partial charge in [0, 0.05) is 23.7 Å². The van der Waals surface area contributed by atoms with Gasteiger partial charge in [0.15, 0.2) is 0 Å². The van der Waals surface area contributed by atoms with Crippen LogP contribution in [-0.2, 0) is 14.4 Å². The van der Waals surface area contributed by atoms with E-state index in [1.807, 2.05) is 6.92 Å². The standard InChI is InChI=1S/C20H28ClN3O3/c1-3-5-6-7-8-18(25)22(4-2)13-19(26)23-14-20(27)24(15-23)17-11-9-16(21)10-12-17/h9-12H,3-8,13-15H2,1-2H3. The lowest BCUT2D eigenvalue weighted by Gasteiger charge is -2.24. The highest BCUT2D eigenvalue weighted by Gasteiger charge is 2.32. The van der Waals surface area contributed by atoms with Gasteiger partial charge in [0.1, 0.15) is 13.2 Å². The first kappa shape index (κ1) is 21.2. The van der Waals surface area contributed by atoms with Crippen LogP contribution < -0.4 is 4.90 Å². The Morgan fingerprint density at radius 3 is 2.44 bits per heavy atom. The first-order valence-corrected chi connectivity index (χ1v) is 9.95. The molecule has 6 nitrogen and oxygen atoms in total. The molecule has 0 unspecified atom stereocenters. The molecule has 1 aliphatic heterocycles. The van der Waals surface area contributed by atoms with Crippen LogP contribution in [0.25, 0.3) is 0 Å². The minimum absolute atomic E-state index is 0.00188. The van der Waals surface area contributed by atoms with E-state index in [1.54, 1.807) is 34.1 Å². The van der Waals surface area contributed by atoms with Crippen LogP contribution >= 0.6 is 11.6 Å². The quantitative estimate of drug-likeness (QED) is 0.605. The fourth-order valence-electron chi connectivity index (χ4n) is 3.06. The molecular formula is C20H28ClN3O3. The number of unbranched alkanes of at least 4 members (excludes halogenated alkanes) is 3. The van der Waals surface area contributed by atoms with Crippen molar-refractivity contribution in [3.8, 4) is 0 Å². The van der Waals surface area contributed by atoms with E-state index in [9.17, 15) is 14.4 Å². The highest BCUT2D eigenvalue weighted by molar-refractivity contribution is 6.30. The Morgan fingerprint density at radius 1 is 1.11 bits per heavy atom. The zero-order valence-electron chi connectivity index (χ0n) is 16.1. The van der Waals surface area contributed by atoms with Gasteiger partial charge < -0.3 is 9.80 Å². The lowest BCUT2D eigenvalue weighted by atomic mass is 10.1. The number of amides is 3. The zero-order valence-corrected chi connectivity index (χ0v) is 16.9. The minimum atomic E-state index is -0.205. The van der Waals surface area contributed by atoms with Crippen molar-refractivity contribution >= 4 is 35.0 Å². The molecule has 1 heterocycles. The van der Waals surface area contributed by atoms with E-state index in [-0.39, 0.29) is 37.5 Å². The monoisotopic (exact) mass is 393 g/mol. The molecule has 1 fully saturated rings. The highest BCUT2D eigenvalue weighted by atomic mass is 35.5. The van der Waals surface area contributed by atoms with Crippen LogP contribution in [0.1, 0.15) is 46.0 Å². The number of hydrogen-bond acceptors (Lipinski definition) is 3. The SMILES string of the molecule is CCCCCCC(=O)N(CC)CC(=O)N1CC(=O)N(c2ccc(Cl)cc2)C1. The summed E-state index contributed by atoms with van der Waals surface area (Å²) in [6, 6.07) is 6.94. The summed E-state index contributed by atoms with van der Waals surface area (Å²) in [5.41, 5.74) is 0.707. The van der Waals surface area contributed by atoms with Gasteiger partial charge in [-0.25, -0.2) is 0 Å². The molecule has 0 saturated carbocycles. The first-order valence-electron chi connectivity index (χ1n) is 9.57. The molecule has 27 heavy (non-hydrogen) atoms. The molecule has 3 amide bonds. The molecule has 1 aliphatic rings. The number of anilines is 1. The smallest absolute Gasteiger partial charge is 0.248 e. The molecule has 7 heteroatoms. The van der Waals surface area contributed by atoms with Crippen molar-refractivity contribution in [2.75, 3.05) is 31.2 Å². The van der Waals surface area contributed by atoms with Gasteiger partial charge >= 0.3 is 0 Å². The molecule has 1 aromatic carbocycles. The van der Waals surface area contributed by atoms with Crippen LogP contribution in [0.15, 0.2) is 24.3 Å². The van der Waals surface area contributed by atoms with Crippen LogP contribution in [-0.4, -0.2) is 53.8 Å². The molecule has 0 aromatic heterocycles. The number of benzene rings is 1. The van der Waals surface area contributed by atoms with Crippen molar-refractivity contribution in [3.05, 3.63) is 29.3 Å². The number of halogens is 1. The van der Waals surface area contributed by atoms with Crippen LogP contribution in [0, 0.1) is 0 Å². The third-order valence-electron chi connectivity index (χ3n) is 4.74. The van der Waals surface area contributed by atoms with E-state index in [0.717, 1.165) is 25.7 Å². The van der Waals surface area contributed by atoms with Crippen LogP contribution in [0.2, 0.25) is 5.02 Å². The van der Waals surface area contributed by atoms with E-state index >= 15 is 0 Å². The van der Waals surface area contributed by atoms with Gasteiger partial charge in [-0.3, -0.25) is 19.3 Å². The van der Waals surface area contributed by atoms with E-state index < -0.39 is 0 Å². The average molecular weight is 394 g/mol. The molecule has 1 aromatic rings. The normalized spacial score (nSPS) is 14.0. The molecule has 148 valence electrons. The van der Waals surface area contributed by atoms with Crippen molar-refractivity contribution in [1.29, 1.82) is 0 Å². The third-order valence-corrected chi connectivity index (χ3v) is 4.99. The van der Waals surface area contributed by atoms with Gasteiger partial charge in [0.2, 0.25) is 17.7 Å². The van der Waals surface area contributed by atoms with Gasteiger partial charge in [-0.1, -0.05) is 37.8 Å². The molecule has 0 bridgehead atoms. The Labute approximate surface area is 166 Å². The van der Waals surface area contributed by atoms with Gasteiger partial charge in [0.05, 0.1) is 6.54 Å². The van der Waals surface area contributed by atoms with Crippen molar-refractivity contribution in [3.63, 3.8) is 0 Å². The van der Waals surface area contributed by atoms with E-state index in [0.29, 0.717) is 23.7 Å². The van der Waals surface area contributed by atoms with Crippen LogP contribution in [0.3, 0.4) is 0 Å². The predicted octanol–water partition coefficient (Wildman–Crippen LogP) is 3.29. The van der Waals surface area contributed by atoms with Crippen LogP contribution in [0.5, 0.6) is 0 Å². The number of carbonyl (C=O) groups excluding carboxylic acids is 3. The Hall–Kier alpha value is -2.08. The van der Waals surface area contributed by atoms with Gasteiger partial charge in [-0.15, -0.1) is 0 Å². The maximum Gasteiger partial charge on any atom is 0.248 e. The maximum atomic E-state index is 12.6. The first-order chi connectivity index (χ1) is 13.0. The Bertz CT molecular complexity index is 663. The van der Waals surface area contributed by atoms with E-state index in [4.69, 9.17) is 11.6 Å². The lowest BCUT2D eigenvalue weighted by molar-refractivity contribution is -0.140. The van der Waals surface area contributed by atoms with Crippen molar-refractivity contribution in [1.82, 2.24) is 9.80 Å². The van der Waals surface area contributed by atoms with Crippen molar-refractivity contribution < 1.29 is 14.4 Å². The maximum absolute atomic E-state index is 12.6. The van der Waals surface area contributed by atoms with E-state index in [2.05, 4.69) is 6.92 Å². The van der Waals surface area contributed by atoms with Crippen LogP contribution in [0.4, 0.5) is 5.69 Å². The second-order valence-corrected chi connectivity index (χ2v) is 7.19. The van der Waals surface area contributed by atoms with E-state index in [1.165, 1.54) is 4.90 Å². The van der Waals surface area contributed by atoms with Gasteiger partial charge in [0.25, 0.3) is 0 Å². The summed E-state index contributed by atoms with van der Waals surface area (Å²) >= 11 is 5.88. The Balaban J connectivity index is 1.90. The molecule has 0 radical (unpaired) electrons. The van der Waals surface area contributed by atoms with Gasteiger partial charge in [-0.05, 0) is 37.6 Å². The summed E-state index contributed by atoms with van der Waals surface area (Å²) in [7, 11) is 0. The summed E-state index contributed by atoms with van der Waals surface area (Å²) < 4.78 is 0. The molecule has 0 spiro atoms. The summed E-state index contributed by atoms with van der Waals surface area (Å²) in [5.74, 6) is -0.342. The summed E-state index contributed by atoms with van der Waals surface area (Å²) in [4.78, 5) is 41.8. The predicted molar refractivity (Wildman–Crippen MR) is 107 cm³/mol. The third kappa shape index (κ3) is 5.96. The summed E-state index contributed by atoms with van der Waals surface area (Å²) in [5, 5.41) is 0.592.